The number of hydrogen-bond donors (Lipinski definition) is 2. The zero-order valence-electron chi connectivity index (χ0n) is 3.81. The van der Waals surface area contributed by atoms with Gasteiger partial charge in [0.2, 0.25) is 0 Å². The molecule has 38 valence electrons. The molecule has 1 heterocycles. The fourth-order valence-electron chi connectivity index (χ4n) is 0.483. The normalized spacial score (nSPS) is 18.6. The van der Waals surface area contributed by atoms with Crippen LogP contribution < -0.4 is 10.9 Å². The molecule has 0 aromatic heterocycles. The minimum atomic E-state index is 0.611. The van der Waals surface area contributed by atoms with Crippen LogP contribution in [0.4, 0.5) is 0 Å². The van der Waals surface area contributed by atoms with Crippen LogP contribution in [0.1, 0.15) is 6.42 Å². The Kier molecular flexibility index (Phi) is 1.06. The average molecular weight is 98.1 g/mol. The van der Waals surface area contributed by atoms with Crippen LogP contribution in [0, 0.1) is 0 Å². The molecule has 0 amide bonds. The highest BCUT2D eigenvalue weighted by atomic mass is 15.4. The summed E-state index contributed by atoms with van der Waals surface area (Å²) in [7, 11) is 0. The maximum Gasteiger partial charge on any atom is 0.346 e. The predicted octanol–water partition coefficient (Wildman–Crippen LogP) is -0.887. The molecule has 0 aliphatic carbocycles. The van der Waals surface area contributed by atoms with E-state index in [0.29, 0.717) is 5.84 Å². The van der Waals surface area contributed by atoms with Crippen molar-refractivity contribution < 1.29 is 4.79 Å². The van der Waals surface area contributed by atoms with Gasteiger partial charge < -0.3 is 10.3 Å². The van der Waals surface area contributed by atoms with Crippen molar-refractivity contribution >= 4 is 5.84 Å². The molecule has 0 aromatic carbocycles. The fraction of sp³-hybridized carbons (Fsp3) is 0.667. The maximum atomic E-state index is 8.05. The molecule has 1 aliphatic rings. The van der Waals surface area contributed by atoms with Gasteiger partial charge in [0.1, 0.15) is 0 Å². The molecule has 0 aromatic rings. The van der Waals surface area contributed by atoms with E-state index < -0.39 is 0 Å². The van der Waals surface area contributed by atoms with Crippen molar-refractivity contribution in [3.63, 3.8) is 0 Å². The van der Waals surface area contributed by atoms with Crippen molar-refractivity contribution in [3.8, 4) is 0 Å². The smallest absolute Gasteiger partial charge is 0.346 e. The third kappa shape index (κ3) is 0.765. The fourth-order valence-corrected chi connectivity index (χ4v) is 0.483. The molecular weight excluding hydrogens is 92.1 g/mol. The summed E-state index contributed by atoms with van der Waals surface area (Å²) in [6, 6.07) is 0. The van der Waals surface area contributed by atoms with E-state index in [2.05, 4.69) is 15.6 Å². The molecule has 0 radical (unpaired) electrons. The molecule has 0 saturated carbocycles. The molecule has 0 spiro atoms. The van der Waals surface area contributed by atoms with Gasteiger partial charge in [0, 0.05) is 6.54 Å². The second-order valence-electron chi connectivity index (χ2n) is 1.35. The molecule has 1 aliphatic heterocycles. The van der Waals surface area contributed by atoms with Crippen LogP contribution in [-0.2, 0) is 0 Å². The van der Waals surface area contributed by atoms with Crippen molar-refractivity contribution in [3.05, 3.63) is 5.53 Å². The van der Waals surface area contributed by atoms with Crippen LogP contribution >= 0.6 is 0 Å². The minimum Gasteiger partial charge on any atom is -0.497 e. The van der Waals surface area contributed by atoms with Gasteiger partial charge in [0.25, 0.3) is 0 Å². The quantitative estimate of drug-likeness (QED) is 0.305. The first kappa shape index (κ1) is 4.30. The van der Waals surface area contributed by atoms with Crippen LogP contribution in [0.3, 0.4) is 0 Å². The SMILES string of the molecule is [N-]=[N+]=C1CCNN1. The molecule has 1 fully saturated rings. The highest BCUT2D eigenvalue weighted by molar-refractivity contribution is 5.77. The van der Waals surface area contributed by atoms with Crippen molar-refractivity contribution in [2.45, 2.75) is 6.42 Å². The second-order valence-corrected chi connectivity index (χ2v) is 1.35. The first-order valence-electron chi connectivity index (χ1n) is 2.13. The van der Waals surface area contributed by atoms with E-state index in [1.165, 1.54) is 0 Å². The second kappa shape index (κ2) is 1.73. The first-order chi connectivity index (χ1) is 3.43. The molecule has 4 nitrogen and oxygen atoms in total. The third-order valence-electron chi connectivity index (χ3n) is 0.840. The number of hydrogen-bond acceptors (Lipinski definition) is 1. The molecule has 0 bridgehead atoms. The molecule has 4 heteroatoms. The third-order valence-corrected chi connectivity index (χ3v) is 0.840. The zero-order chi connectivity index (χ0) is 5.11. The monoisotopic (exact) mass is 98.1 g/mol. The lowest BCUT2D eigenvalue weighted by atomic mass is 10.4. The average Bonchev–Trinajstić information content (AvgIpc) is 2.14. The number of nitrogens with one attached hydrogen (secondary N) is 2. The predicted molar refractivity (Wildman–Crippen MR) is 24.4 cm³/mol. The summed E-state index contributed by atoms with van der Waals surface area (Å²) in [5, 5.41) is 0. The first-order valence-corrected chi connectivity index (χ1v) is 2.13. The van der Waals surface area contributed by atoms with E-state index in [9.17, 15) is 0 Å². The molecular formula is C3H6N4. The van der Waals surface area contributed by atoms with Crippen LogP contribution in [-0.4, -0.2) is 17.2 Å². The van der Waals surface area contributed by atoms with Crippen LogP contribution in [0.25, 0.3) is 5.53 Å². The van der Waals surface area contributed by atoms with Gasteiger partial charge >= 0.3 is 5.84 Å². The minimum absolute atomic E-state index is 0.611. The van der Waals surface area contributed by atoms with Gasteiger partial charge in [-0.15, -0.1) is 0 Å². The number of rotatable bonds is 0. The van der Waals surface area contributed by atoms with E-state index in [-0.39, 0.29) is 0 Å². The molecule has 7 heavy (non-hydrogen) atoms. The van der Waals surface area contributed by atoms with Crippen LogP contribution in [0.5, 0.6) is 0 Å². The Bertz CT molecular complexity index is 104. The summed E-state index contributed by atoms with van der Waals surface area (Å²) in [5.41, 5.74) is 13.5. The van der Waals surface area contributed by atoms with E-state index in [1.54, 1.807) is 0 Å². The summed E-state index contributed by atoms with van der Waals surface area (Å²) in [6.07, 6.45) is 0.788. The number of hydrazine groups is 1. The van der Waals surface area contributed by atoms with Gasteiger partial charge in [-0.05, 0) is 0 Å². The highest BCUT2D eigenvalue weighted by Crippen LogP contribution is 1.79. The summed E-state index contributed by atoms with van der Waals surface area (Å²) < 4.78 is 0. The zero-order valence-corrected chi connectivity index (χ0v) is 3.81. The van der Waals surface area contributed by atoms with E-state index in [1.807, 2.05) is 0 Å². The standard InChI is InChI=1S/C3H6N4/c4-6-3-1-2-5-7-3/h5,7H,1-2H2. The van der Waals surface area contributed by atoms with Crippen LogP contribution in [0.15, 0.2) is 0 Å². The Hall–Kier alpha value is -0.860. The van der Waals surface area contributed by atoms with Crippen molar-refractivity contribution in [1.29, 1.82) is 0 Å². The lowest BCUT2D eigenvalue weighted by Crippen LogP contribution is -2.26. The lowest BCUT2D eigenvalue weighted by Gasteiger charge is -1.77. The topological polar surface area (TPSA) is 60.5 Å². The molecule has 0 atom stereocenters. The number of amidine groups is 1. The Morgan fingerprint density at radius 1 is 1.71 bits per heavy atom. The molecule has 1 rings (SSSR count). The summed E-state index contributed by atoms with van der Waals surface area (Å²) in [6.45, 7) is 0.847. The summed E-state index contributed by atoms with van der Waals surface area (Å²) in [4.78, 5) is 2.93. The summed E-state index contributed by atoms with van der Waals surface area (Å²) in [5.74, 6) is 0.611. The van der Waals surface area contributed by atoms with Gasteiger partial charge in [-0.2, -0.15) is 10.9 Å². The summed E-state index contributed by atoms with van der Waals surface area (Å²) >= 11 is 0. The lowest BCUT2D eigenvalue weighted by molar-refractivity contribution is -0.0117. The van der Waals surface area contributed by atoms with Gasteiger partial charge in [0.05, 0.1) is 6.42 Å². The molecule has 1 saturated heterocycles. The van der Waals surface area contributed by atoms with Gasteiger partial charge in [-0.1, -0.05) is 0 Å². The highest BCUT2D eigenvalue weighted by Gasteiger charge is 2.12. The molecule has 2 N–H and O–H groups in total. The van der Waals surface area contributed by atoms with Crippen molar-refractivity contribution in [2.24, 2.45) is 0 Å². The van der Waals surface area contributed by atoms with Gasteiger partial charge in [-0.25, -0.2) is 0 Å². The molecule has 0 unspecified atom stereocenters. The van der Waals surface area contributed by atoms with Crippen molar-refractivity contribution in [2.75, 3.05) is 6.54 Å². The van der Waals surface area contributed by atoms with Gasteiger partial charge in [-0.3, -0.25) is 0 Å². The Morgan fingerprint density at radius 2 is 2.57 bits per heavy atom. The van der Waals surface area contributed by atoms with E-state index >= 15 is 0 Å². The Morgan fingerprint density at radius 3 is 2.86 bits per heavy atom. The maximum absolute atomic E-state index is 8.05. The van der Waals surface area contributed by atoms with Crippen molar-refractivity contribution in [1.82, 2.24) is 10.9 Å². The largest absolute Gasteiger partial charge is 0.497 e. The Balaban J connectivity index is 2.57. The van der Waals surface area contributed by atoms with E-state index in [0.717, 1.165) is 13.0 Å². The van der Waals surface area contributed by atoms with E-state index in [4.69, 9.17) is 5.53 Å². The van der Waals surface area contributed by atoms with Gasteiger partial charge in [0.15, 0.2) is 0 Å². The van der Waals surface area contributed by atoms with Crippen LogP contribution in [0.2, 0.25) is 0 Å². The number of nitrogens with zero attached hydrogens (tertiary/aromatic N) is 2. The Labute approximate surface area is 41.1 Å².